The molecule has 9 nitrogen and oxygen atoms in total. The molecule has 2 N–H and O–H groups in total. The highest BCUT2D eigenvalue weighted by Gasteiger charge is 2.23. The molecular formula is C24H25N5O4S. The third-order valence-corrected chi connectivity index (χ3v) is 7.48. The first-order valence-electron chi connectivity index (χ1n) is 11.0. The first kappa shape index (κ1) is 22.1. The predicted octanol–water partition coefficient (Wildman–Crippen LogP) is 3.53. The SMILES string of the molecule is CC(=O)N1CCC(n2cc(-c3cnc(N)c4oc(-c5ccc(S(C)(=O)=O)cc5)cc34)cn2)CC1. The number of nitrogens with zero attached hydrogens (tertiary/aromatic N) is 4. The van der Waals surface area contributed by atoms with Gasteiger partial charge in [0.05, 0.1) is 17.1 Å². The Morgan fingerprint density at radius 3 is 2.47 bits per heavy atom. The summed E-state index contributed by atoms with van der Waals surface area (Å²) in [6.45, 7) is 3.06. The van der Waals surface area contributed by atoms with Crippen molar-refractivity contribution in [3.05, 3.63) is 48.9 Å². The number of hydrogen-bond acceptors (Lipinski definition) is 7. The van der Waals surface area contributed by atoms with Crippen molar-refractivity contribution in [3.8, 4) is 22.5 Å². The number of rotatable bonds is 4. The standard InChI is InChI=1S/C24H25N5O4S/c1-15(30)28-9-7-18(8-10-28)29-14-17(12-27-29)21-13-26-24(25)23-20(21)11-22(33-23)16-3-5-19(6-4-16)34(2,31)32/h3-6,11-14,18H,7-10H2,1-2H3,(H2,25,26). The molecular weight excluding hydrogens is 454 g/mol. The largest absolute Gasteiger partial charge is 0.452 e. The van der Waals surface area contributed by atoms with Gasteiger partial charge in [-0.05, 0) is 43.2 Å². The van der Waals surface area contributed by atoms with Crippen LogP contribution in [-0.4, -0.2) is 53.3 Å². The molecule has 1 fully saturated rings. The van der Waals surface area contributed by atoms with Gasteiger partial charge in [-0.15, -0.1) is 0 Å². The number of likely N-dealkylation sites (tertiary alicyclic amines) is 1. The van der Waals surface area contributed by atoms with E-state index < -0.39 is 9.84 Å². The van der Waals surface area contributed by atoms with Crippen LogP contribution < -0.4 is 5.73 Å². The molecule has 1 aliphatic rings. The van der Waals surface area contributed by atoms with Crippen molar-refractivity contribution < 1.29 is 17.6 Å². The van der Waals surface area contributed by atoms with Gasteiger partial charge in [-0.3, -0.25) is 9.48 Å². The molecule has 1 saturated heterocycles. The Labute approximate surface area is 197 Å². The van der Waals surface area contributed by atoms with E-state index in [0.717, 1.165) is 48.0 Å². The number of pyridine rings is 1. The van der Waals surface area contributed by atoms with Gasteiger partial charge in [-0.1, -0.05) is 0 Å². The number of benzene rings is 1. The lowest BCUT2D eigenvalue weighted by atomic mass is 10.0. The molecule has 10 heteroatoms. The lowest BCUT2D eigenvalue weighted by molar-refractivity contribution is -0.130. The number of nitrogen functional groups attached to an aromatic ring is 1. The van der Waals surface area contributed by atoms with Gasteiger partial charge < -0.3 is 15.1 Å². The second kappa shape index (κ2) is 8.28. The molecule has 176 valence electrons. The van der Waals surface area contributed by atoms with E-state index in [1.807, 2.05) is 21.8 Å². The number of carbonyl (C=O) groups excluding carboxylic acids is 1. The van der Waals surface area contributed by atoms with Crippen molar-refractivity contribution in [2.45, 2.75) is 30.7 Å². The number of piperidine rings is 1. The zero-order valence-electron chi connectivity index (χ0n) is 18.9. The van der Waals surface area contributed by atoms with E-state index in [0.29, 0.717) is 11.3 Å². The van der Waals surface area contributed by atoms with Crippen LogP contribution in [0.5, 0.6) is 0 Å². The summed E-state index contributed by atoms with van der Waals surface area (Å²) in [5.41, 5.74) is 9.05. The molecule has 1 aromatic carbocycles. The molecule has 1 amide bonds. The number of hydrogen-bond donors (Lipinski definition) is 1. The topological polar surface area (TPSA) is 124 Å². The summed E-state index contributed by atoms with van der Waals surface area (Å²) in [5.74, 6) is 0.957. The highest BCUT2D eigenvalue weighted by atomic mass is 32.2. The normalized spacial score (nSPS) is 15.2. The fourth-order valence-electron chi connectivity index (χ4n) is 4.40. The molecule has 0 spiro atoms. The first-order chi connectivity index (χ1) is 16.2. The molecule has 34 heavy (non-hydrogen) atoms. The summed E-state index contributed by atoms with van der Waals surface area (Å²) >= 11 is 0. The summed E-state index contributed by atoms with van der Waals surface area (Å²) < 4.78 is 31.5. The molecule has 1 aliphatic heterocycles. The van der Waals surface area contributed by atoms with Gasteiger partial charge in [0.2, 0.25) is 5.91 Å². The average Bonchev–Trinajstić information content (AvgIpc) is 3.48. The monoisotopic (exact) mass is 479 g/mol. The van der Waals surface area contributed by atoms with Gasteiger partial charge in [-0.2, -0.15) is 5.10 Å². The Morgan fingerprint density at radius 2 is 1.82 bits per heavy atom. The van der Waals surface area contributed by atoms with E-state index in [1.54, 1.807) is 43.6 Å². The maximum atomic E-state index is 11.8. The highest BCUT2D eigenvalue weighted by Crippen LogP contribution is 2.37. The fourth-order valence-corrected chi connectivity index (χ4v) is 5.03. The number of anilines is 1. The minimum atomic E-state index is -3.28. The number of aromatic nitrogens is 3. The lowest BCUT2D eigenvalue weighted by Crippen LogP contribution is -2.37. The van der Waals surface area contributed by atoms with Gasteiger partial charge >= 0.3 is 0 Å². The predicted molar refractivity (Wildman–Crippen MR) is 129 cm³/mol. The summed E-state index contributed by atoms with van der Waals surface area (Å²) in [6, 6.07) is 8.66. The molecule has 4 heterocycles. The molecule has 0 saturated carbocycles. The summed E-state index contributed by atoms with van der Waals surface area (Å²) in [7, 11) is -3.28. The fraction of sp³-hybridized carbons (Fsp3) is 0.292. The van der Waals surface area contributed by atoms with Crippen LogP contribution in [0.25, 0.3) is 33.4 Å². The Morgan fingerprint density at radius 1 is 1.12 bits per heavy atom. The molecule has 0 bridgehead atoms. The lowest BCUT2D eigenvalue weighted by Gasteiger charge is -2.31. The van der Waals surface area contributed by atoms with Crippen molar-refractivity contribution in [1.82, 2.24) is 19.7 Å². The van der Waals surface area contributed by atoms with Crippen LogP contribution in [0.4, 0.5) is 5.82 Å². The van der Waals surface area contributed by atoms with E-state index in [1.165, 1.54) is 6.26 Å². The van der Waals surface area contributed by atoms with Crippen molar-refractivity contribution in [2.24, 2.45) is 0 Å². The zero-order chi connectivity index (χ0) is 24.0. The van der Waals surface area contributed by atoms with Gasteiger partial charge in [-0.25, -0.2) is 13.4 Å². The molecule has 3 aromatic heterocycles. The second-order valence-electron chi connectivity index (χ2n) is 8.65. The molecule has 0 radical (unpaired) electrons. The van der Waals surface area contributed by atoms with Crippen molar-refractivity contribution in [3.63, 3.8) is 0 Å². The number of nitrogens with two attached hydrogens (primary N) is 1. The summed E-state index contributed by atoms with van der Waals surface area (Å²) in [4.78, 5) is 18.0. The highest BCUT2D eigenvalue weighted by molar-refractivity contribution is 7.90. The van der Waals surface area contributed by atoms with Crippen LogP contribution >= 0.6 is 0 Å². The number of fused-ring (bicyclic) bond motifs is 1. The van der Waals surface area contributed by atoms with Gasteiger partial charge in [0, 0.05) is 60.7 Å². The number of furan rings is 1. The smallest absolute Gasteiger partial charge is 0.219 e. The first-order valence-corrected chi connectivity index (χ1v) is 12.9. The maximum absolute atomic E-state index is 11.8. The Balaban J connectivity index is 1.47. The zero-order valence-corrected chi connectivity index (χ0v) is 19.7. The third kappa shape index (κ3) is 4.05. The van der Waals surface area contributed by atoms with Crippen LogP contribution in [0.1, 0.15) is 25.8 Å². The Bertz CT molecular complexity index is 1480. The summed E-state index contributed by atoms with van der Waals surface area (Å²) in [5, 5.41) is 5.39. The molecule has 0 unspecified atom stereocenters. The van der Waals surface area contributed by atoms with Crippen molar-refractivity contribution in [2.75, 3.05) is 25.1 Å². The van der Waals surface area contributed by atoms with E-state index in [2.05, 4.69) is 10.1 Å². The average molecular weight is 480 g/mol. The molecule has 0 atom stereocenters. The maximum Gasteiger partial charge on any atom is 0.219 e. The van der Waals surface area contributed by atoms with Crippen LogP contribution in [0.15, 0.2) is 58.2 Å². The molecule has 0 aliphatic carbocycles. The third-order valence-electron chi connectivity index (χ3n) is 6.35. The van der Waals surface area contributed by atoms with Gasteiger partial charge in [0.25, 0.3) is 0 Å². The number of amides is 1. The van der Waals surface area contributed by atoms with E-state index in [-0.39, 0.29) is 22.7 Å². The Hall–Kier alpha value is -3.66. The van der Waals surface area contributed by atoms with E-state index >= 15 is 0 Å². The minimum absolute atomic E-state index is 0.108. The van der Waals surface area contributed by atoms with Crippen molar-refractivity contribution in [1.29, 1.82) is 0 Å². The molecule has 5 rings (SSSR count). The number of carbonyl (C=O) groups is 1. The van der Waals surface area contributed by atoms with E-state index in [9.17, 15) is 13.2 Å². The van der Waals surface area contributed by atoms with Crippen molar-refractivity contribution >= 4 is 32.5 Å². The number of sulfone groups is 1. The van der Waals surface area contributed by atoms with Gasteiger partial charge in [0.1, 0.15) is 5.76 Å². The van der Waals surface area contributed by atoms with Crippen LogP contribution in [-0.2, 0) is 14.6 Å². The van der Waals surface area contributed by atoms with Crippen LogP contribution in [0.3, 0.4) is 0 Å². The molecule has 4 aromatic rings. The van der Waals surface area contributed by atoms with E-state index in [4.69, 9.17) is 10.2 Å². The quantitative estimate of drug-likeness (QED) is 0.475. The summed E-state index contributed by atoms with van der Waals surface area (Å²) in [6.07, 6.45) is 8.40. The van der Waals surface area contributed by atoms with Gasteiger partial charge in [0.15, 0.2) is 21.2 Å². The Kier molecular flexibility index (Phi) is 5.40. The second-order valence-corrected chi connectivity index (χ2v) is 10.7. The minimum Gasteiger partial charge on any atom is -0.452 e. The van der Waals surface area contributed by atoms with Crippen LogP contribution in [0.2, 0.25) is 0 Å². The van der Waals surface area contributed by atoms with Crippen LogP contribution in [0, 0.1) is 0 Å².